The molecule has 1 N–H and O–H groups in total. The Morgan fingerprint density at radius 3 is 2.86 bits per heavy atom. The van der Waals surface area contributed by atoms with E-state index in [-0.39, 0.29) is 5.91 Å². The van der Waals surface area contributed by atoms with Crippen molar-refractivity contribution >= 4 is 22.9 Å². The second-order valence-corrected chi connectivity index (χ2v) is 5.65. The van der Waals surface area contributed by atoms with E-state index in [4.69, 9.17) is 4.74 Å². The Bertz CT molecular complexity index is 794. The molecule has 0 saturated carbocycles. The second-order valence-electron chi connectivity index (χ2n) is 4.70. The zero-order chi connectivity index (χ0) is 15.5. The minimum absolute atomic E-state index is 0.244. The maximum atomic E-state index is 12.3. The average molecular weight is 313 g/mol. The molecule has 2 aromatic heterocycles. The summed E-state index contributed by atoms with van der Waals surface area (Å²) in [6, 6.07) is 13.0. The molecule has 3 rings (SSSR count). The lowest BCUT2D eigenvalue weighted by Crippen LogP contribution is -2.13. The van der Waals surface area contributed by atoms with Crippen LogP contribution in [0.1, 0.15) is 10.5 Å². The fourth-order valence-electron chi connectivity index (χ4n) is 2.13. The number of hydrogen-bond acceptors (Lipinski definition) is 4. The van der Waals surface area contributed by atoms with E-state index in [1.165, 1.54) is 0 Å². The molecule has 1 aromatic carbocycles. The van der Waals surface area contributed by atoms with Gasteiger partial charge in [0.25, 0.3) is 5.91 Å². The van der Waals surface area contributed by atoms with Crippen LogP contribution in [0, 0.1) is 0 Å². The van der Waals surface area contributed by atoms with Crippen molar-refractivity contribution in [3.05, 3.63) is 53.5 Å². The standard InChI is InChI=1S/C16H15N3O2S/c1-19-14(15-7-4-8-22-15)10-13(18-19)16(20)17-11-5-3-6-12(9-11)21-2/h3-10H,1-2H3,(H,17,20). The highest BCUT2D eigenvalue weighted by Gasteiger charge is 2.14. The van der Waals surface area contributed by atoms with Crippen LogP contribution in [0.5, 0.6) is 5.75 Å². The lowest BCUT2D eigenvalue weighted by atomic mass is 10.2. The number of methoxy groups -OCH3 is 1. The van der Waals surface area contributed by atoms with Crippen LogP contribution >= 0.6 is 11.3 Å². The summed E-state index contributed by atoms with van der Waals surface area (Å²) in [5.74, 6) is 0.449. The number of aromatic nitrogens is 2. The van der Waals surface area contributed by atoms with Crippen LogP contribution < -0.4 is 10.1 Å². The van der Waals surface area contributed by atoms with E-state index in [9.17, 15) is 4.79 Å². The summed E-state index contributed by atoms with van der Waals surface area (Å²) >= 11 is 1.62. The number of hydrogen-bond donors (Lipinski definition) is 1. The van der Waals surface area contributed by atoms with E-state index in [1.54, 1.807) is 35.3 Å². The molecule has 0 radical (unpaired) electrons. The topological polar surface area (TPSA) is 56.1 Å². The number of rotatable bonds is 4. The van der Waals surface area contributed by atoms with E-state index >= 15 is 0 Å². The number of nitrogens with one attached hydrogen (secondary N) is 1. The van der Waals surface area contributed by atoms with Crippen LogP contribution in [-0.4, -0.2) is 22.8 Å². The molecule has 0 fully saturated rings. The van der Waals surface area contributed by atoms with Gasteiger partial charge >= 0.3 is 0 Å². The Hall–Kier alpha value is -2.60. The third-order valence-electron chi connectivity index (χ3n) is 3.21. The number of thiophene rings is 1. The summed E-state index contributed by atoms with van der Waals surface area (Å²) in [6.07, 6.45) is 0. The van der Waals surface area contributed by atoms with Crippen molar-refractivity contribution in [2.75, 3.05) is 12.4 Å². The Morgan fingerprint density at radius 1 is 1.27 bits per heavy atom. The number of anilines is 1. The molecule has 3 aromatic rings. The Balaban J connectivity index is 1.82. The van der Waals surface area contributed by atoms with Crippen molar-refractivity contribution in [1.82, 2.24) is 9.78 Å². The normalized spacial score (nSPS) is 10.5. The summed E-state index contributed by atoms with van der Waals surface area (Å²) in [5, 5.41) is 9.11. The molecule has 0 aliphatic rings. The van der Waals surface area contributed by atoms with Crippen molar-refractivity contribution < 1.29 is 9.53 Å². The zero-order valence-electron chi connectivity index (χ0n) is 12.2. The van der Waals surface area contributed by atoms with Crippen LogP contribution in [0.15, 0.2) is 47.8 Å². The molecule has 1 amide bonds. The van der Waals surface area contributed by atoms with Gasteiger partial charge in [0.2, 0.25) is 0 Å². The minimum atomic E-state index is -0.244. The lowest BCUT2D eigenvalue weighted by molar-refractivity contribution is 0.102. The fraction of sp³-hybridized carbons (Fsp3) is 0.125. The summed E-state index contributed by atoms with van der Waals surface area (Å²) < 4.78 is 6.86. The number of nitrogens with zero attached hydrogens (tertiary/aromatic N) is 2. The first-order valence-corrected chi connectivity index (χ1v) is 7.58. The molecule has 0 aliphatic heterocycles. The van der Waals surface area contributed by atoms with E-state index in [1.807, 2.05) is 42.8 Å². The van der Waals surface area contributed by atoms with Gasteiger partial charge in [0.15, 0.2) is 5.69 Å². The van der Waals surface area contributed by atoms with Gasteiger partial charge in [-0.2, -0.15) is 5.10 Å². The van der Waals surface area contributed by atoms with Gasteiger partial charge in [-0.05, 0) is 29.6 Å². The minimum Gasteiger partial charge on any atom is -0.497 e. The highest BCUT2D eigenvalue weighted by molar-refractivity contribution is 7.13. The molecular weight excluding hydrogens is 298 g/mol. The third kappa shape index (κ3) is 2.87. The number of carbonyl (C=O) groups excluding carboxylic acids is 1. The van der Waals surface area contributed by atoms with Crippen molar-refractivity contribution in [2.24, 2.45) is 7.05 Å². The number of aryl methyl sites for hydroxylation is 1. The SMILES string of the molecule is COc1cccc(NC(=O)c2cc(-c3cccs3)n(C)n2)c1. The lowest BCUT2D eigenvalue weighted by Gasteiger charge is -2.05. The summed E-state index contributed by atoms with van der Waals surface area (Å²) in [4.78, 5) is 13.4. The predicted octanol–water partition coefficient (Wildman–Crippen LogP) is 3.41. The highest BCUT2D eigenvalue weighted by atomic mass is 32.1. The fourth-order valence-corrected chi connectivity index (χ4v) is 2.90. The predicted molar refractivity (Wildman–Crippen MR) is 87.5 cm³/mol. The van der Waals surface area contributed by atoms with Crippen LogP contribution in [0.25, 0.3) is 10.6 Å². The van der Waals surface area contributed by atoms with E-state index in [2.05, 4.69) is 10.4 Å². The van der Waals surface area contributed by atoms with E-state index in [0.29, 0.717) is 17.1 Å². The molecule has 112 valence electrons. The monoisotopic (exact) mass is 313 g/mol. The number of ether oxygens (including phenoxy) is 1. The summed E-state index contributed by atoms with van der Waals surface area (Å²) in [6.45, 7) is 0. The highest BCUT2D eigenvalue weighted by Crippen LogP contribution is 2.25. The van der Waals surface area contributed by atoms with Gasteiger partial charge in [0.05, 0.1) is 17.7 Å². The van der Waals surface area contributed by atoms with Crippen molar-refractivity contribution in [3.63, 3.8) is 0 Å². The van der Waals surface area contributed by atoms with E-state index in [0.717, 1.165) is 10.6 Å². The molecule has 0 atom stereocenters. The Labute approximate surface area is 132 Å². The van der Waals surface area contributed by atoms with Gasteiger partial charge in [-0.1, -0.05) is 12.1 Å². The van der Waals surface area contributed by atoms with Crippen LogP contribution in [0.3, 0.4) is 0 Å². The molecule has 5 nitrogen and oxygen atoms in total. The van der Waals surface area contributed by atoms with Crippen LogP contribution in [-0.2, 0) is 7.05 Å². The van der Waals surface area contributed by atoms with Crippen molar-refractivity contribution in [2.45, 2.75) is 0 Å². The van der Waals surface area contributed by atoms with Crippen molar-refractivity contribution in [3.8, 4) is 16.3 Å². The Morgan fingerprint density at radius 2 is 2.14 bits per heavy atom. The first-order valence-electron chi connectivity index (χ1n) is 6.70. The Kier molecular flexibility index (Phi) is 3.93. The van der Waals surface area contributed by atoms with Crippen LogP contribution in [0.2, 0.25) is 0 Å². The second kappa shape index (κ2) is 6.03. The molecular formula is C16H15N3O2S. The molecule has 0 spiro atoms. The van der Waals surface area contributed by atoms with Gasteiger partial charge in [-0.3, -0.25) is 9.48 Å². The quantitative estimate of drug-likeness (QED) is 0.803. The number of benzene rings is 1. The van der Waals surface area contributed by atoms with Gasteiger partial charge in [0.1, 0.15) is 5.75 Å². The largest absolute Gasteiger partial charge is 0.497 e. The number of carbonyl (C=O) groups is 1. The third-order valence-corrected chi connectivity index (χ3v) is 4.11. The first kappa shape index (κ1) is 14.3. The van der Waals surface area contributed by atoms with Gasteiger partial charge in [-0.15, -0.1) is 11.3 Å². The molecule has 0 unspecified atom stereocenters. The van der Waals surface area contributed by atoms with Gasteiger partial charge < -0.3 is 10.1 Å². The molecule has 6 heteroatoms. The zero-order valence-corrected chi connectivity index (χ0v) is 13.1. The first-order chi connectivity index (χ1) is 10.7. The molecule has 0 bridgehead atoms. The van der Waals surface area contributed by atoms with Crippen molar-refractivity contribution in [1.29, 1.82) is 0 Å². The number of amides is 1. The van der Waals surface area contributed by atoms with E-state index < -0.39 is 0 Å². The molecule has 0 saturated heterocycles. The maximum Gasteiger partial charge on any atom is 0.276 e. The van der Waals surface area contributed by atoms with Crippen LogP contribution in [0.4, 0.5) is 5.69 Å². The van der Waals surface area contributed by atoms with Gasteiger partial charge in [0, 0.05) is 18.8 Å². The maximum absolute atomic E-state index is 12.3. The molecule has 0 aliphatic carbocycles. The summed E-state index contributed by atoms with van der Waals surface area (Å²) in [5.41, 5.74) is 1.98. The molecule has 22 heavy (non-hydrogen) atoms. The van der Waals surface area contributed by atoms with Gasteiger partial charge in [-0.25, -0.2) is 0 Å². The molecule has 2 heterocycles. The average Bonchev–Trinajstić information content (AvgIpc) is 3.16. The summed E-state index contributed by atoms with van der Waals surface area (Å²) in [7, 11) is 3.42. The smallest absolute Gasteiger partial charge is 0.276 e.